The van der Waals surface area contributed by atoms with Gasteiger partial charge in [0.25, 0.3) is 0 Å². The Morgan fingerprint density at radius 3 is 2.35 bits per heavy atom. The van der Waals surface area contributed by atoms with E-state index < -0.39 is 0 Å². The van der Waals surface area contributed by atoms with Crippen molar-refractivity contribution in [2.45, 2.75) is 20.4 Å². The smallest absolute Gasteiger partial charge is 0.137 e. The summed E-state index contributed by atoms with van der Waals surface area (Å²) in [7, 11) is 0. The molecule has 0 radical (unpaired) electrons. The zero-order valence-corrected chi connectivity index (χ0v) is 12.8. The van der Waals surface area contributed by atoms with Crippen LogP contribution in [0.3, 0.4) is 0 Å². The van der Waals surface area contributed by atoms with E-state index >= 15 is 0 Å². The molecule has 0 bridgehead atoms. The number of ether oxygens (including phenoxy) is 1. The third-order valence-electron chi connectivity index (χ3n) is 3.22. The molecule has 2 nitrogen and oxygen atoms in total. The van der Waals surface area contributed by atoms with Gasteiger partial charge in [-0.1, -0.05) is 41.9 Å². The molecule has 0 heterocycles. The normalized spacial score (nSPS) is 10.6. The van der Waals surface area contributed by atoms with Crippen molar-refractivity contribution >= 4 is 11.6 Å². The number of nitrogens with two attached hydrogens (primary N) is 1. The summed E-state index contributed by atoms with van der Waals surface area (Å²) in [5.74, 6) is 0.961. The van der Waals surface area contributed by atoms with Crippen molar-refractivity contribution in [1.29, 1.82) is 0 Å². The van der Waals surface area contributed by atoms with Crippen molar-refractivity contribution < 1.29 is 10.1 Å². The average Bonchev–Trinajstić information content (AvgIpc) is 2.42. The largest absolute Gasteiger partial charge is 0.487 e. The van der Waals surface area contributed by atoms with Gasteiger partial charge in [0.1, 0.15) is 25.4 Å². The molecule has 106 valence electrons. The Labute approximate surface area is 125 Å². The maximum atomic E-state index is 6.01. The van der Waals surface area contributed by atoms with Crippen LogP contribution in [-0.2, 0) is 6.54 Å². The van der Waals surface area contributed by atoms with Gasteiger partial charge in [0, 0.05) is 10.6 Å². The van der Waals surface area contributed by atoms with Crippen molar-refractivity contribution in [3.8, 4) is 5.75 Å². The van der Waals surface area contributed by atoms with Crippen LogP contribution in [0.5, 0.6) is 5.75 Å². The molecule has 0 fully saturated rings. The van der Waals surface area contributed by atoms with Crippen molar-refractivity contribution in [2.24, 2.45) is 0 Å². The molecule has 2 aromatic carbocycles. The molecule has 0 saturated heterocycles. The standard InChI is InChI=1S/C17H20ClNO/c1-13-10-16(18)11-14(2)17(13)20-9-8-19-12-15-6-4-3-5-7-15/h3-7,10-11,19H,8-9,12H2,1-2H3/p+1. The lowest BCUT2D eigenvalue weighted by molar-refractivity contribution is -0.671. The summed E-state index contributed by atoms with van der Waals surface area (Å²) < 4.78 is 5.87. The molecule has 0 saturated carbocycles. The van der Waals surface area contributed by atoms with Crippen LogP contribution in [-0.4, -0.2) is 13.2 Å². The van der Waals surface area contributed by atoms with Crippen LogP contribution in [0.1, 0.15) is 16.7 Å². The maximum Gasteiger partial charge on any atom is 0.137 e. The first-order chi connectivity index (χ1) is 9.66. The lowest BCUT2D eigenvalue weighted by atomic mass is 10.1. The zero-order chi connectivity index (χ0) is 14.4. The number of hydrogen-bond acceptors (Lipinski definition) is 1. The molecule has 2 N–H and O–H groups in total. The van der Waals surface area contributed by atoms with Crippen LogP contribution >= 0.6 is 11.6 Å². The van der Waals surface area contributed by atoms with Gasteiger partial charge in [0.2, 0.25) is 0 Å². The summed E-state index contributed by atoms with van der Waals surface area (Å²) in [4.78, 5) is 0. The third kappa shape index (κ3) is 4.26. The van der Waals surface area contributed by atoms with Gasteiger partial charge in [-0.3, -0.25) is 0 Å². The van der Waals surface area contributed by atoms with Crippen LogP contribution in [0.2, 0.25) is 5.02 Å². The zero-order valence-electron chi connectivity index (χ0n) is 12.0. The highest BCUT2D eigenvalue weighted by molar-refractivity contribution is 6.30. The van der Waals surface area contributed by atoms with Crippen LogP contribution in [0, 0.1) is 13.8 Å². The Kier molecular flexibility index (Phi) is 5.45. The minimum Gasteiger partial charge on any atom is -0.487 e. The molecule has 0 spiro atoms. The van der Waals surface area contributed by atoms with Gasteiger partial charge in [0.05, 0.1) is 0 Å². The molecular formula is C17H21ClNO+. The van der Waals surface area contributed by atoms with Gasteiger partial charge in [-0.25, -0.2) is 0 Å². The summed E-state index contributed by atoms with van der Waals surface area (Å²) in [6.07, 6.45) is 0. The highest BCUT2D eigenvalue weighted by Gasteiger charge is 2.05. The molecule has 0 unspecified atom stereocenters. The van der Waals surface area contributed by atoms with Crippen molar-refractivity contribution in [3.63, 3.8) is 0 Å². The first-order valence-corrected chi connectivity index (χ1v) is 7.30. The lowest BCUT2D eigenvalue weighted by Crippen LogP contribution is -2.83. The van der Waals surface area contributed by atoms with E-state index in [1.807, 2.05) is 32.0 Å². The van der Waals surface area contributed by atoms with E-state index in [1.54, 1.807) is 0 Å². The molecule has 3 heteroatoms. The van der Waals surface area contributed by atoms with E-state index in [-0.39, 0.29) is 0 Å². The third-order valence-corrected chi connectivity index (χ3v) is 3.43. The molecule has 0 aromatic heterocycles. The number of rotatable bonds is 6. The van der Waals surface area contributed by atoms with E-state index in [0.29, 0.717) is 6.61 Å². The number of benzene rings is 2. The Bertz CT molecular complexity index is 531. The molecule has 20 heavy (non-hydrogen) atoms. The van der Waals surface area contributed by atoms with Crippen molar-refractivity contribution in [1.82, 2.24) is 0 Å². The van der Waals surface area contributed by atoms with Gasteiger partial charge < -0.3 is 10.1 Å². The van der Waals surface area contributed by atoms with E-state index in [1.165, 1.54) is 5.56 Å². The lowest BCUT2D eigenvalue weighted by Gasteiger charge is -2.12. The minimum absolute atomic E-state index is 0.705. The predicted octanol–water partition coefficient (Wildman–Crippen LogP) is 3.10. The summed E-state index contributed by atoms with van der Waals surface area (Å²) >= 11 is 6.01. The van der Waals surface area contributed by atoms with Crippen LogP contribution in [0.25, 0.3) is 0 Å². The van der Waals surface area contributed by atoms with Gasteiger partial charge >= 0.3 is 0 Å². The maximum absolute atomic E-state index is 6.01. The fourth-order valence-corrected chi connectivity index (χ4v) is 2.58. The molecule has 0 aliphatic heterocycles. The molecule has 0 aliphatic carbocycles. The van der Waals surface area contributed by atoms with Gasteiger partial charge in [0.15, 0.2) is 0 Å². The van der Waals surface area contributed by atoms with E-state index in [4.69, 9.17) is 16.3 Å². The average molecular weight is 291 g/mol. The van der Waals surface area contributed by atoms with Gasteiger partial charge in [-0.05, 0) is 37.1 Å². The summed E-state index contributed by atoms with van der Waals surface area (Å²) in [5, 5.41) is 3.03. The Balaban J connectivity index is 1.76. The Morgan fingerprint density at radius 2 is 1.70 bits per heavy atom. The summed E-state index contributed by atoms with van der Waals surface area (Å²) in [5.41, 5.74) is 3.53. The quantitative estimate of drug-likeness (QED) is 0.813. The fourth-order valence-electron chi connectivity index (χ4n) is 2.25. The van der Waals surface area contributed by atoms with Crippen LogP contribution in [0.4, 0.5) is 0 Å². The topological polar surface area (TPSA) is 25.8 Å². The van der Waals surface area contributed by atoms with Crippen LogP contribution in [0.15, 0.2) is 42.5 Å². The molecule has 2 aromatic rings. The summed E-state index contributed by atoms with van der Waals surface area (Å²) in [6.45, 7) is 6.69. The van der Waals surface area contributed by atoms with Gasteiger partial charge in [-0.2, -0.15) is 0 Å². The second-order valence-corrected chi connectivity index (χ2v) is 5.42. The van der Waals surface area contributed by atoms with Gasteiger partial charge in [-0.15, -0.1) is 0 Å². The highest BCUT2D eigenvalue weighted by Crippen LogP contribution is 2.26. The SMILES string of the molecule is Cc1cc(Cl)cc(C)c1OCC[NH2+]Cc1ccccc1. The molecule has 0 atom stereocenters. The fraction of sp³-hybridized carbons (Fsp3) is 0.294. The monoisotopic (exact) mass is 290 g/mol. The highest BCUT2D eigenvalue weighted by atomic mass is 35.5. The Morgan fingerprint density at radius 1 is 1.05 bits per heavy atom. The molecule has 0 amide bonds. The number of hydrogen-bond donors (Lipinski definition) is 1. The van der Waals surface area contributed by atoms with E-state index in [0.717, 1.165) is 35.0 Å². The second-order valence-electron chi connectivity index (χ2n) is 4.98. The van der Waals surface area contributed by atoms with Crippen LogP contribution < -0.4 is 10.1 Å². The minimum atomic E-state index is 0.705. The molecular weight excluding hydrogens is 270 g/mol. The Hall–Kier alpha value is -1.51. The van der Waals surface area contributed by atoms with Crippen molar-refractivity contribution in [3.05, 3.63) is 64.2 Å². The second kappa shape index (κ2) is 7.32. The van der Waals surface area contributed by atoms with E-state index in [9.17, 15) is 0 Å². The number of aryl methyl sites for hydroxylation is 2. The first kappa shape index (κ1) is 14.9. The number of quaternary nitrogens is 1. The first-order valence-electron chi connectivity index (χ1n) is 6.92. The molecule has 2 rings (SSSR count). The number of halogens is 1. The summed E-state index contributed by atoms with van der Waals surface area (Å²) in [6, 6.07) is 14.4. The van der Waals surface area contributed by atoms with E-state index in [2.05, 4.69) is 29.6 Å². The van der Waals surface area contributed by atoms with Crippen molar-refractivity contribution in [2.75, 3.05) is 13.2 Å². The molecule has 0 aliphatic rings. The predicted molar refractivity (Wildman–Crippen MR) is 83.4 cm³/mol.